The molecule has 2 aliphatic heterocycles. The number of nitrogens with zero attached hydrogens (tertiary/aromatic N) is 4. The number of ketones is 1. The van der Waals surface area contributed by atoms with Gasteiger partial charge < -0.3 is 19.1 Å². The summed E-state index contributed by atoms with van der Waals surface area (Å²) in [5.74, 6) is 0.349. The van der Waals surface area contributed by atoms with Gasteiger partial charge in [0.15, 0.2) is 5.76 Å². The van der Waals surface area contributed by atoms with Crippen molar-refractivity contribution >= 4 is 17.2 Å². The number of likely N-dealkylation sites (N-methyl/N-ethyl adjacent to an activating group) is 1. The molecular weight excluding hydrogens is 363 g/mol. The Bertz CT molecular complexity index is 900. The number of benzene rings is 1. The fourth-order valence-corrected chi connectivity index (χ4v) is 4.20. The van der Waals surface area contributed by atoms with Gasteiger partial charge in [0.2, 0.25) is 11.5 Å². The van der Waals surface area contributed by atoms with Gasteiger partial charge in [0.25, 0.3) is 0 Å². The molecule has 4 rings (SSSR count). The van der Waals surface area contributed by atoms with Crippen molar-refractivity contribution in [2.75, 3.05) is 56.1 Å². The van der Waals surface area contributed by atoms with E-state index in [0.29, 0.717) is 0 Å². The van der Waals surface area contributed by atoms with Crippen LogP contribution in [-0.4, -0.2) is 57.0 Å². The number of furan rings is 1. The van der Waals surface area contributed by atoms with Crippen molar-refractivity contribution < 1.29 is 9.21 Å². The van der Waals surface area contributed by atoms with Crippen molar-refractivity contribution in [2.24, 2.45) is 0 Å². The normalized spacial score (nSPS) is 17.9. The van der Waals surface area contributed by atoms with Crippen LogP contribution >= 0.6 is 0 Å². The molecule has 0 aliphatic carbocycles. The maximum atomic E-state index is 12.8. The van der Waals surface area contributed by atoms with E-state index in [-0.39, 0.29) is 23.7 Å². The number of anilines is 2. The lowest BCUT2D eigenvalue weighted by molar-refractivity contribution is 0.0966. The number of rotatable bonds is 5. The van der Waals surface area contributed by atoms with Crippen molar-refractivity contribution in [1.29, 1.82) is 5.26 Å². The number of piperidine rings is 1. The van der Waals surface area contributed by atoms with Crippen molar-refractivity contribution in [2.45, 2.75) is 25.7 Å². The molecule has 6 nitrogen and oxygen atoms in total. The molecule has 29 heavy (non-hydrogen) atoms. The van der Waals surface area contributed by atoms with Crippen LogP contribution in [0.2, 0.25) is 0 Å². The van der Waals surface area contributed by atoms with Crippen LogP contribution in [-0.2, 0) is 6.42 Å². The third kappa shape index (κ3) is 4.46. The predicted molar refractivity (Wildman–Crippen MR) is 114 cm³/mol. The molecule has 2 saturated heterocycles. The summed E-state index contributed by atoms with van der Waals surface area (Å²) in [5.41, 5.74) is 3.44. The highest BCUT2D eigenvalue weighted by Crippen LogP contribution is 2.31. The maximum Gasteiger partial charge on any atom is 0.204 e. The molecule has 3 heterocycles. The van der Waals surface area contributed by atoms with E-state index in [1.54, 1.807) is 12.1 Å². The SMILES string of the molecule is [11CH3]N1CCN(c2ccc(CC(=O)c3ccc(C#N)o3)c(N3CCCCC3)c2)CC1. The first-order valence-corrected chi connectivity index (χ1v) is 10.5. The second-order valence-corrected chi connectivity index (χ2v) is 8.03. The molecule has 0 atom stereocenters. The van der Waals surface area contributed by atoms with E-state index < -0.39 is 0 Å². The molecule has 2 aliphatic rings. The van der Waals surface area contributed by atoms with Crippen LogP contribution in [0.15, 0.2) is 34.7 Å². The van der Waals surface area contributed by atoms with Crippen LogP contribution in [0.4, 0.5) is 11.4 Å². The second kappa shape index (κ2) is 8.71. The van der Waals surface area contributed by atoms with Gasteiger partial charge in [-0.05, 0) is 56.1 Å². The number of hydrogen-bond donors (Lipinski definition) is 0. The smallest absolute Gasteiger partial charge is 0.204 e. The summed E-state index contributed by atoms with van der Waals surface area (Å²) in [7, 11) is 2.16. The Kier molecular flexibility index (Phi) is 5.86. The highest BCUT2D eigenvalue weighted by atomic mass is 16.3. The highest BCUT2D eigenvalue weighted by molar-refractivity contribution is 5.96. The van der Waals surface area contributed by atoms with Crippen LogP contribution < -0.4 is 9.80 Å². The number of carbonyl (C=O) groups excluding carboxylic acids is 1. The minimum Gasteiger partial charge on any atom is -0.442 e. The zero-order chi connectivity index (χ0) is 20.2. The van der Waals surface area contributed by atoms with E-state index in [0.717, 1.165) is 44.8 Å². The summed E-state index contributed by atoms with van der Waals surface area (Å²) >= 11 is 0. The Morgan fingerprint density at radius 3 is 2.45 bits per heavy atom. The Morgan fingerprint density at radius 1 is 1.00 bits per heavy atom. The van der Waals surface area contributed by atoms with E-state index in [1.807, 2.05) is 6.07 Å². The van der Waals surface area contributed by atoms with E-state index in [2.05, 4.69) is 39.9 Å². The standard InChI is InChI=1S/C23H28N4O2/c1-25-11-13-26(14-12-25)19-6-5-18(21(16-19)27-9-3-2-4-10-27)15-22(28)23-8-7-20(17-24)29-23/h5-8,16H,2-4,9-15H2,1H3/i1-1. The van der Waals surface area contributed by atoms with Gasteiger partial charge in [0.1, 0.15) is 6.07 Å². The molecule has 6 heteroatoms. The third-order valence-electron chi connectivity index (χ3n) is 5.98. The average Bonchev–Trinajstić information content (AvgIpc) is 3.25. The monoisotopic (exact) mass is 391 g/mol. The fraction of sp³-hybridized carbons (Fsp3) is 0.478. The molecule has 1 aromatic carbocycles. The van der Waals surface area contributed by atoms with E-state index in [9.17, 15) is 4.79 Å². The second-order valence-electron chi connectivity index (χ2n) is 8.03. The molecule has 0 spiro atoms. The molecule has 2 fully saturated rings. The van der Waals surface area contributed by atoms with Crippen LogP contribution in [0.5, 0.6) is 0 Å². The summed E-state index contributed by atoms with van der Waals surface area (Å²) in [6.07, 6.45) is 3.94. The summed E-state index contributed by atoms with van der Waals surface area (Å²) in [5, 5.41) is 8.94. The van der Waals surface area contributed by atoms with Crippen LogP contribution in [0.3, 0.4) is 0 Å². The summed E-state index contributed by atoms with van der Waals surface area (Å²) in [4.78, 5) is 20.0. The maximum absolute atomic E-state index is 12.8. The quantitative estimate of drug-likeness (QED) is 0.729. The lowest BCUT2D eigenvalue weighted by Crippen LogP contribution is -2.44. The van der Waals surface area contributed by atoms with E-state index in [4.69, 9.17) is 9.68 Å². The molecule has 2 aromatic rings. The summed E-state index contributed by atoms with van der Waals surface area (Å²) < 4.78 is 5.34. The topological polar surface area (TPSA) is 63.7 Å². The first-order valence-electron chi connectivity index (χ1n) is 10.5. The van der Waals surface area contributed by atoms with Crippen molar-refractivity contribution in [1.82, 2.24) is 4.90 Å². The van der Waals surface area contributed by atoms with Gasteiger partial charge in [-0.1, -0.05) is 6.07 Å². The van der Waals surface area contributed by atoms with Crippen molar-refractivity contribution in [3.05, 3.63) is 47.4 Å². The zero-order valence-corrected chi connectivity index (χ0v) is 17.1. The molecule has 0 N–H and O–H groups in total. The van der Waals surface area contributed by atoms with Gasteiger partial charge in [-0.15, -0.1) is 0 Å². The molecule has 1 aromatic heterocycles. The molecular formula is C23H28N4O2. The number of Topliss-reactive ketones (excluding diaryl/α,β-unsaturated/α-hetero) is 1. The molecule has 0 amide bonds. The van der Waals surface area contributed by atoms with Gasteiger partial charge in [-0.3, -0.25) is 4.79 Å². The number of hydrogen-bond acceptors (Lipinski definition) is 6. The minimum atomic E-state index is -0.0860. The van der Waals surface area contributed by atoms with E-state index >= 15 is 0 Å². The van der Waals surface area contributed by atoms with Gasteiger partial charge in [-0.25, -0.2) is 0 Å². The van der Waals surface area contributed by atoms with Crippen LogP contribution in [0.1, 0.15) is 41.1 Å². The molecule has 0 unspecified atom stereocenters. The lowest BCUT2D eigenvalue weighted by Gasteiger charge is -2.36. The van der Waals surface area contributed by atoms with Crippen molar-refractivity contribution in [3.8, 4) is 6.07 Å². The van der Waals surface area contributed by atoms with Gasteiger partial charge >= 0.3 is 0 Å². The Labute approximate surface area is 172 Å². The first kappa shape index (κ1) is 19.5. The highest BCUT2D eigenvalue weighted by Gasteiger charge is 2.21. The Hall–Kier alpha value is -2.78. The molecule has 152 valence electrons. The van der Waals surface area contributed by atoms with Gasteiger partial charge in [-0.2, -0.15) is 5.26 Å². The molecule has 0 bridgehead atoms. The number of piperazine rings is 1. The van der Waals surface area contributed by atoms with Crippen molar-refractivity contribution in [3.63, 3.8) is 0 Å². The molecule has 0 radical (unpaired) electrons. The van der Waals surface area contributed by atoms with Crippen LogP contribution in [0.25, 0.3) is 0 Å². The minimum absolute atomic E-state index is 0.0860. The molecule has 0 saturated carbocycles. The largest absolute Gasteiger partial charge is 0.442 e. The summed E-state index contributed by atoms with van der Waals surface area (Å²) in [6.45, 7) is 6.26. The fourth-order valence-electron chi connectivity index (χ4n) is 4.20. The number of carbonyl (C=O) groups is 1. The Morgan fingerprint density at radius 2 is 1.76 bits per heavy atom. The lowest BCUT2D eigenvalue weighted by atomic mass is 10.0. The van der Waals surface area contributed by atoms with Crippen LogP contribution in [0, 0.1) is 11.3 Å². The summed E-state index contributed by atoms with van der Waals surface area (Å²) in [6, 6.07) is 11.6. The van der Waals surface area contributed by atoms with Gasteiger partial charge in [0.05, 0.1) is 0 Å². The first-order chi connectivity index (χ1) is 14.1. The van der Waals surface area contributed by atoms with Gasteiger partial charge in [0, 0.05) is 57.1 Å². The zero-order valence-electron chi connectivity index (χ0n) is 17.1. The Balaban J connectivity index is 1.59. The number of nitriles is 1. The predicted octanol–water partition coefficient (Wildman–Crippen LogP) is 3.32. The average molecular weight is 392 g/mol. The van der Waals surface area contributed by atoms with E-state index in [1.165, 1.54) is 30.6 Å². The third-order valence-corrected chi connectivity index (χ3v) is 5.98.